The van der Waals surface area contributed by atoms with Crippen LogP contribution in [0.15, 0.2) is 12.7 Å². The minimum absolute atomic E-state index is 0.134. The highest BCUT2D eigenvalue weighted by Crippen LogP contribution is 2.13. The summed E-state index contributed by atoms with van der Waals surface area (Å²) in [7, 11) is 1.12. The van der Waals surface area contributed by atoms with E-state index in [0.717, 1.165) is 10.2 Å². The Morgan fingerprint density at radius 2 is 1.33 bits per heavy atom. The third-order valence-corrected chi connectivity index (χ3v) is 3.21. The van der Waals surface area contributed by atoms with E-state index in [0.29, 0.717) is 11.7 Å². The minimum atomic E-state index is 0.134. The second kappa shape index (κ2) is 5.28. The van der Waals surface area contributed by atoms with Crippen LogP contribution >= 0.6 is 0 Å². The topological polar surface area (TPSA) is 24.1 Å². The summed E-state index contributed by atoms with van der Waals surface area (Å²) in [5.74, 6) is 0. The van der Waals surface area contributed by atoms with Crippen LogP contribution in [0.3, 0.4) is 0 Å². The Bertz CT molecular complexity index is 185. The maximum Gasteiger partial charge on any atom is 0.0609 e. The highest BCUT2D eigenvalue weighted by atomic mass is 28.1. The molecule has 0 saturated heterocycles. The van der Waals surface area contributed by atoms with E-state index >= 15 is 0 Å². The van der Waals surface area contributed by atoms with E-state index in [-0.39, 0.29) is 11.1 Å². The zero-order valence-electron chi connectivity index (χ0n) is 11.4. The van der Waals surface area contributed by atoms with Crippen molar-refractivity contribution in [2.24, 2.45) is 0 Å². The van der Waals surface area contributed by atoms with Gasteiger partial charge in [-0.15, -0.1) is 6.58 Å². The van der Waals surface area contributed by atoms with Crippen molar-refractivity contribution in [3.8, 4) is 0 Å². The van der Waals surface area contributed by atoms with Crippen LogP contribution in [0, 0.1) is 0 Å². The zero-order chi connectivity index (χ0) is 12.3. The van der Waals surface area contributed by atoms with Gasteiger partial charge in [0.2, 0.25) is 0 Å². The van der Waals surface area contributed by atoms with Crippen molar-refractivity contribution in [1.29, 1.82) is 0 Å². The number of rotatable bonds is 4. The second-order valence-corrected chi connectivity index (χ2v) is 7.69. The van der Waals surface area contributed by atoms with Crippen molar-refractivity contribution in [2.45, 2.75) is 64.3 Å². The summed E-state index contributed by atoms with van der Waals surface area (Å²) < 4.78 is 0. The predicted octanol–water partition coefficient (Wildman–Crippen LogP) is 1.43. The first-order chi connectivity index (χ1) is 6.55. The molecule has 3 heteroatoms. The Hall–Kier alpha value is -0.123. The molecule has 0 radical (unpaired) electrons. The molecule has 15 heavy (non-hydrogen) atoms. The molecule has 0 heterocycles. The molecule has 0 aliphatic heterocycles. The van der Waals surface area contributed by atoms with E-state index in [1.54, 1.807) is 0 Å². The van der Waals surface area contributed by atoms with E-state index in [1.165, 1.54) is 0 Å². The highest BCUT2D eigenvalue weighted by Gasteiger charge is 2.24. The molecule has 0 bridgehead atoms. The minimum Gasteiger partial charge on any atom is -0.297 e. The lowest BCUT2D eigenvalue weighted by Crippen LogP contribution is -2.57. The van der Waals surface area contributed by atoms with E-state index in [1.807, 2.05) is 6.08 Å². The summed E-state index contributed by atoms with van der Waals surface area (Å²) in [6.07, 6.45) is 2.38. The van der Waals surface area contributed by atoms with Gasteiger partial charge >= 0.3 is 0 Å². The van der Waals surface area contributed by atoms with Crippen molar-refractivity contribution in [3.63, 3.8) is 0 Å². The molecule has 90 valence electrons. The Morgan fingerprint density at radius 1 is 1.00 bits per heavy atom. The maximum atomic E-state index is 3.90. The zero-order valence-corrected chi connectivity index (χ0v) is 13.4. The van der Waals surface area contributed by atoms with Crippen LogP contribution in [-0.2, 0) is 0 Å². The van der Waals surface area contributed by atoms with Crippen molar-refractivity contribution in [2.75, 3.05) is 0 Å². The van der Waals surface area contributed by atoms with Gasteiger partial charge in [0, 0.05) is 21.3 Å². The van der Waals surface area contributed by atoms with Gasteiger partial charge in [-0.25, -0.2) is 0 Å². The van der Waals surface area contributed by atoms with Gasteiger partial charge in [-0.05, 0) is 47.1 Å². The lowest BCUT2D eigenvalue weighted by atomic mass is 10.0. The summed E-state index contributed by atoms with van der Waals surface area (Å²) in [6, 6.07) is 0. The van der Waals surface area contributed by atoms with Crippen molar-refractivity contribution >= 4 is 10.2 Å². The second-order valence-electron chi connectivity index (χ2n) is 6.36. The smallest absolute Gasteiger partial charge is 0.0609 e. The molecule has 0 aromatic heterocycles. The average molecular weight is 228 g/mol. The summed E-state index contributed by atoms with van der Waals surface area (Å²) >= 11 is 0. The standard InChI is InChI=1S/C12H28N2Si/c1-8-9(15)10(13-11(2,3)4)14-12(5,6)7/h8-10,13-14H,1H2,2-7,15H3. The molecule has 0 fully saturated rings. The monoisotopic (exact) mass is 228 g/mol. The van der Waals surface area contributed by atoms with Crippen LogP contribution in [0.4, 0.5) is 0 Å². The van der Waals surface area contributed by atoms with Gasteiger partial charge in [0.1, 0.15) is 0 Å². The van der Waals surface area contributed by atoms with Crippen LogP contribution < -0.4 is 10.6 Å². The number of nitrogens with one attached hydrogen (secondary N) is 2. The van der Waals surface area contributed by atoms with Gasteiger partial charge in [0.15, 0.2) is 0 Å². The van der Waals surface area contributed by atoms with Gasteiger partial charge in [0.25, 0.3) is 0 Å². The Morgan fingerprint density at radius 3 is 1.53 bits per heavy atom. The first kappa shape index (κ1) is 14.9. The van der Waals surface area contributed by atoms with Crippen LogP contribution in [0.1, 0.15) is 41.5 Å². The normalized spacial score (nSPS) is 15.7. The Labute approximate surface area is 98.3 Å². The molecule has 0 rings (SSSR count). The van der Waals surface area contributed by atoms with Gasteiger partial charge in [-0.3, -0.25) is 10.6 Å². The first-order valence-electron chi connectivity index (χ1n) is 5.73. The van der Waals surface area contributed by atoms with E-state index < -0.39 is 0 Å². The van der Waals surface area contributed by atoms with E-state index in [4.69, 9.17) is 0 Å². The molecule has 2 nitrogen and oxygen atoms in total. The van der Waals surface area contributed by atoms with Crippen molar-refractivity contribution in [1.82, 2.24) is 10.6 Å². The predicted molar refractivity (Wildman–Crippen MR) is 73.5 cm³/mol. The summed E-state index contributed by atoms with van der Waals surface area (Å²) in [5.41, 5.74) is 0.812. The van der Waals surface area contributed by atoms with Crippen molar-refractivity contribution < 1.29 is 0 Å². The van der Waals surface area contributed by atoms with E-state index in [9.17, 15) is 0 Å². The van der Waals surface area contributed by atoms with Crippen LogP contribution in [-0.4, -0.2) is 27.5 Å². The van der Waals surface area contributed by atoms with Gasteiger partial charge < -0.3 is 0 Å². The lowest BCUT2D eigenvalue weighted by Gasteiger charge is -2.37. The molecule has 0 aliphatic rings. The number of hydrogen-bond donors (Lipinski definition) is 2. The summed E-state index contributed by atoms with van der Waals surface area (Å²) in [5, 5.41) is 7.23. The van der Waals surface area contributed by atoms with Gasteiger partial charge in [-0.2, -0.15) is 0 Å². The Balaban J connectivity index is 4.53. The molecule has 0 aromatic carbocycles. The molecule has 2 N–H and O–H groups in total. The molecule has 1 unspecified atom stereocenters. The fourth-order valence-corrected chi connectivity index (χ4v) is 1.70. The van der Waals surface area contributed by atoms with Crippen LogP contribution in [0.25, 0.3) is 0 Å². The fraction of sp³-hybridized carbons (Fsp3) is 0.833. The summed E-state index contributed by atoms with van der Waals surface area (Å²) in [6.45, 7) is 17.1. The van der Waals surface area contributed by atoms with Crippen LogP contribution in [0.5, 0.6) is 0 Å². The molecule has 0 saturated carbocycles. The third-order valence-electron chi connectivity index (χ3n) is 2.07. The first-order valence-corrected chi connectivity index (χ1v) is 6.88. The van der Waals surface area contributed by atoms with Crippen molar-refractivity contribution in [3.05, 3.63) is 12.7 Å². The molecule has 0 amide bonds. The molecular weight excluding hydrogens is 200 g/mol. The quantitative estimate of drug-likeness (QED) is 0.432. The summed E-state index contributed by atoms with van der Waals surface area (Å²) in [4.78, 5) is 0. The maximum absolute atomic E-state index is 3.90. The molecule has 0 aliphatic carbocycles. The highest BCUT2D eigenvalue weighted by molar-refractivity contribution is 6.13. The van der Waals surface area contributed by atoms with Gasteiger partial charge in [0.05, 0.1) is 6.17 Å². The molecule has 0 aromatic rings. The SMILES string of the molecule is C=CC([SiH3])C(NC(C)(C)C)NC(C)(C)C. The lowest BCUT2D eigenvalue weighted by molar-refractivity contribution is 0.264. The largest absolute Gasteiger partial charge is 0.297 e. The number of hydrogen-bond acceptors (Lipinski definition) is 2. The van der Waals surface area contributed by atoms with Gasteiger partial charge in [-0.1, -0.05) is 6.08 Å². The molecule has 0 spiro atoms. The molecular formula is C12H28N2Si. The van der Waals surface area contributed by atoms with E-state index in [2.05, 4.69) is 58.8 Å². The fourth-order valence-electron chi connectivity index (χ4n) is 1.37. The average Bonchev–Trinajstić information content (AvgIpc) is 1.96. The van der Waals surface area contributed by atoms with Crippen LogP contribution in [0.2, 0.25) is 5.54 Å². The Kier molecular flexibility index (Phi) is 5.24. The molecule has 1 atom stereocenters. The third kappa shape index (κ3) is 7.77.